The van der Waals surface area contributed by atoms with Crippen LogP contribution in [-0.4, -0.2) is 10.9 Å². The zero-order valence-corrected chi connectivity index (χ0v) is 14.7. The standard InChI is InChI=1S/C17H12Cl2N2O2S/c18-11-3-5-15(14(19)8-11)23-17-6-4-12(10-20-17)21-16(22)9-13-2-1-7-24-13/h1-8,10H,9H2,(H,21,22). The Labute approximate surface area is 153 Å². The Morgan fingerprint density at radius 3 is 2.75 bits per heavy atom. The van der Waals surface area contributed by atoms with E-state index < -0.39 is 0 Å². The molecule has 24 heavy (non-hydrogen) atoms. The molecule has 0 fully saturated rings. The van der Waals surface area contributed by atoms with Crippen molar-refractivity contribution in [2.45, 2.75) is 6.42 Å². The average Bonchev–Trinajstić information content (AvgIpc) is 3.04. The number of aromatic nitrogens is 1. The van der Waals surface area contributed by atoms with Crippen LogP contribution < -0.4 is 10.1 Å². The third kappa shape index (κ3) is 4.47. The van der Waals surface area contributed by atoms with E-state index in [1.54, 1.807) is 41.7 Å². The quantitative estimate of drug-likeness (QED) is 0.644. The average molecular weight is 379 g/mol. The van der Waals surface area contributed by atoms with E-state index in [2.05, 4.69) is 10.3 Å². The summed E-state index contributed by atoms with van der Waals surface area (Å²) in [6, 6.07) is 12.2. The molecule has 0 saturated heterocycles. The Bertz CT molecular complexity index is 836. The maximum Gasteiger partial charge on any atom is 0.229 e. The van der Waals surface area contributed by atoms with Gasteiger partial charge in [0.1, 0.15) is 5.75 Å². The van der Waals surface area contributed by atoms with Crippen LogP contribution in [0.4, 0.5) is 5.69 Å². The number of nitrogens with zero attached hydrogens (tertiary/aromatic N) is 1. The van der Waals surface area contributed by atoms with Crippen LogP contribution in [0.3, 0.4) is 0 Å². The number of ether oxygens (including phenoxy) is 1. The van der Waals surface area contributed by atoms with Crippen molar-refractivity contribution < 1.29 is 9.53 Å². The predicted molar refractivity (Wildman–Crippen MR) is 97.4 cm³/mol. The largest absolute Gasteiger partial charge is 0.437 e. The van der Waals surface area contributed by atoms with E-state index in [4.69, 9.17) is 27.9 Å². The molecule has 122 valence electrons. The molecular formula is C17H12Cl2N2O2S. The summed E-state index contributed by atoms with van der Waals surface area (Å²) in [6.07, 6.45) is 1.88. The number of anilines is 1. The van der Waals surface area contributed by atoms with Crippen molar-refractivity contribution in [2.24, 2.45) is 0 Å². The van der Waals surface area contributed by atoms with E-state index in [0.717, 1.165) is 4.88 Å². The number of rotatable bonds is 5. The van der Waals surface area contributed by atoms with E-state index in [1.807, 2.05) is 17.5 Å². The molecule has 0 atom stereocenters. The lowest BCUT2D eigenvalue weighted by Crippen LogP contribution is -2.13. The SMILES string of the molecule is O=C(Cc1cccs1)Nc1ccc(Oc2ccc(Cl)cc2Cl)nc1. The van der Waals surface area contributed by atoms with Gasteiger partial charge >= 0.3 is 0 Å². The van der Waals surface area contributed by atoms with Gasteiger partial charge in [0, 0.05) is 16.0 Å². The highest BCUT2D eigenvalue weighted by atomic mass is 35.5. The number of carbonyl (C=O) groups excluding carboxylic acids is 1. The molecule has 2 heterocycles. The van der Waals surface area contributed by atoms with E-state index in [-0.39, 0.29) is 5.91 Å². The summed E-state index contributed by atoms with van der Waals surface area (Å²) < 4.78 is 5.60. The van der Waals surface area contributed by atoms with E-state index in [1.165, 1.54) is 6.20 Å². The molecule has 3 rings (SSSR count). The molecule has 2 aromatic heterocycles. The van der Waals surface area contributed by atoms with Gasteiger partial charge in [-0.25, -0.2) is 4.98 Å². The van der Waals surface area contributed by atoms with Crippen LogP contribution in [0.2, 0.25) is 10.0 Å². The molecule has 0 radical (unpaired) electrons. The number of amides is 1. The molecule has 0 saturated carbocycles. The number of pyridine rings is 1. The van der Waals surface area contributed by atoms with Crippen LogP contribution in [0.25, 0.3) is 0 Å². The van der Waals surface area contributed by atoms with E-state index in [0.29, 0.717) is 33.8 Å². The summed E-state index contributed by atoms with van der Waals surface area (Å²) in [7, 11) is 0. The van der Waals surface area contributed by atoms with Gasteiger partial charge in [-0.15, -0.1) is 11.3 Å². The Kier molecular flexibility index (Phi) is 5.35. The van der Waals surface area contributed by atoms with Gasteiger partial charge in [-0.05, 0) is 35.7 Å². The molecule has 0 aliphatic rings. The van der Waals surface area contributed by atoms with Crippen molar-refractivity contribution in [1.29, 1.82) is 0 Å². The van der Waals surface area contributed by atoms with E-state index in [9.17, 15) is 4.79 Å². The molecule has 1 N–H and O–H groups in total. The number of hydrogen-bond acceptors (Lipinski definition) is 4. The summed E-state index contributed by atoms with van der Waals surface area (Å²) >= 11 is 13.4. The highest BCUT2D eigenvalue weighted by molar-refractivity contribution is 7.10. The molecule has 1 aromatic carbocycles. The van der Waals surface area contributed by atoms with Crippen LogP contribution in [0.5, 0.6) is 11.6 Å². The lowest BCUT2D eigenvalue weighted by molar-refractivity contribution is -0.115. The van der Waals surface area contributed by atoms with Crippen LogP contribution in [0.15, 0.2) is 54.0 Å². The molecule has 0 spiro atoms. The molecular weight excluding hydrogens is 367 g/mol. The number of thiophene rings is 1. The molecule has 4 nitrogen and oxygen atoms in total. The van der Waals surface area contributed by atoms with Crippen molar-refractivity contribution in [1.82, 2.24) is 4.98 Å². The summed E-state index contributed by atoms with van der Waals surface area (Å²) in [4.78, 5) is 17.1. The lowest BCUT2D eigenvalue weighted by atomic mass is 10.3. The van der Waals surface area contributed by atoms with Gasteiger partial charge in [-0.3, -0.25) is 4.79 Å². The highest BCUT2D eigenvalue weighted by Crippen LogP contribution is 2.31. The van der Waals surface area contributed by atoms with Crippen molar-refractivity contribution in [3.63, 3.8) is 0 Å². The second-order valence-electron chi connectivity index (χ2n) is 4.87. The smallest absolute Gasteiger partial charge is 0.229 e. The van der Waals surface area contributed by atoms with E-state index >= 15 is 0 Å². The topological polar surface area (TPSA) is 51.2 Å². The van der Waals surface area contributed by atoms with Crippen LogP contribution in [0.1, 0.15) is 4.88 Å². The second kappa shape index (κ2) is 7.66. The summed E-state index contributed by atoms with van der Waals surface area (Å²) in [6.45, 7) is 0. The Morgan fingerprint density at radius 1 is 1.21 bits per heavy atom. The first-order valence-corrected chi connectivity index (χ1v) is 8.65. The molecule has 0 bridgehead atoms. The second-order valence-corrected chi connectivity index (χ2v) is 6.74. The van der Waals surface area contributed by atoms with Gasteiger partial charge in [-0.2, -0.15) is 0 Å². The van der Waals surface area contributed by atoms with Crippen molar-refractivity contribution in [2.75, 3.05) is 5.32 Å². The molecule has 0 aliphatic heterocycles. The fourth-order valence-corrected chi connectivity index (χ4v) is 3.11. The summed E-state index contributed by atoms with van der Waals surface area (Å²) in [5.41, 5.74) is 0.603. The third-order valence-corrected chi connectivity index (χ3v) is 4.45. The first kappa shape index (κ1) is 16.8. The minimum absolute atomic E-state index is 0.0892. The van der Waals surface area contributed by atoms with Gasteiger partial charge in [0.05, 0.1) is 23.3 Å². The first-order chi connectivity index (χ1) is 11.6. The maximum atomic E-state index is 11.9. The monoisotopic (exact) mass is 378 g/mol. The fraction of sp³-hybridized carbons (Fsp3) is 0.0588. The number of halogens is 2. The Hall–Kier alpha value is -2.08. The van der Waals surface area contributed by atoms with Crippen molar-refractivity contribution in [3.8, 4) is 11.6 Å². The normalized spacial score (nSPS) is 10.4. The van der Waals surface area contributed by atoms with Crippen molar-refractivity contribution >= 4 is 46.1 Å². The van der Waals surface area contributed by atoms with Gasteiger partial charge < -0.3 is 10.1 Å². The summed E-state index contributed by atoms with van der Waals surface area (Å²) in [5.74, 6) is 0.743. The number of carbonyl (C=O) groups is 1. The van der Waals surface area contributed by atoms with Crippen LogP contribution in [0, 0.1) is 0 Å². The fourth-order valence-electron chi connectivity index (χ4n) is 1.96. The lowest BCUT2D eigenvalue weighted by Gasteiger charge is -2.08. The molecule has 7 heteroatoms. The maximum absolute atomic E-state index is 11.9. The summed E-state index contributed by atoms with van der Waals surface area (Å²) in [5, 5.41) is 5.67. The Morgan fingerprint density at radius 2 is 2.08 bits per heavy atom. The number of nitrogens with one attached hydrogen (secondary N) is 1. The van der Waals surface area contributed by atoms with Gasteiger partial charge in [-0.1, -0.05) is 29.3 Å². The van der Waals surface area contributed by atoms with Gasteiger partial charge in [0.2, 0.25) is 11.8 Å². The third-order valence-electron chi connectivity index (χ3n) is 3.04. The van der Waals surface area contributed by atoms with Crippen LogP contribution >= 0.6 is 34.5 Å². The van der Waals surface area contributed by atoms with Gasteiger partial charge in [0.15, 0.2) is 0 Å². The van der Waals surface area contributed by atoms with Crippen LogP contribution in [-0.2, 0) is 11.2 Å². The minimum Gasteiger partial charge on any atom is -0.437 e. The predicted octanol–water partition coefficient (Wildman–Crippen LogP) is 5.42. The molecule has 0 aliphatic carbocycles. The number of hydrogen-bond donors (Lipinski definition) is 1. The Balaban J connectivity index is 1.61. The zero-order chi connectivity index (χ0) is 16.9. The molecule has 0 unspecified atom stereocenters. The molecule has 1 amide bonds. The minimum atomic E-state index is -0.0892. The van der Waals surface area contributed by atoms with Crippen molar-refractivity contribution in [3.05, 3.63) is 69.0 Å². The highest BCUT2D eigenvalue weighted by Gasteiger charge is 2.07. The zero-order valence-electron chi connectivity index (χ0n) is 12.3. The first-order valence-electron chi connectivity index (χ1n) is 7.01. The van der Waals surface area contributed by atoms with Gasteiger partial charge in [0.25, 0.3) is 0 Å². The number of benzene rings is 1. The molecule has 3 aromatic rings.